The molecule has 39 heavy (non-hydrogen) atoms. The number of ether oxygens (including phenoxy) is 5. The molecule has 4 aromatic carbocycles. The van der Waals surface area contributed by atoms with Gasteiger partial charge in [0.25, 0.3) is 0 Å². The van der Waals surface area contributed by atoms with E-state index in [1.807, 2.05) is 91.0 Å². The SMILES string of the molecule is COc1c(OC)c(OCc2ccccc2)c2c(=O)c(OC)c(-c3ccccc3)oc2c1OCc1ccccc1. The minimum absolute atomic E-state index is 0.0412. The van der Waals surface area contributed by atoms with E-state index in [2.05, 4.69) is 0 Å². The first-order valence-electron chi connectivity index (χ1n) is 12.4. The lowest BCUT2D eigenvalue weighted by Gasteiger charge is -2.21. The summed E-state index contributed by atoms with van der Waals surface area (Å²) in [4.78, 5) is 14.1. The molecule has 0 unspecified atom stereocenters. The van der Waals surface area contributed by atoms with Crippen LogP contribution >= 0.6 is 0 Å². The van der Waals surface area contributed by atoms with Crippen molar-refractivity contribution in [3.63, 3.8) is 0 Å². The Labute approximate surface area is 226 Å². The van der Waals surface area contributed by atoms with E-state index >= 15 is 0 Å². The van der Waals surface area contributed by atoms with Gasteiger partial charge in [-0.1, -0.05) is 91.0 Å². The molecule has 0 amide bonds. The summed E-state index contributed by atoms with van der Waals surface area (Å²) in [6.07, 6.45) is 0. The summed E-state index contributed by atoms with van der Waals surface area (Å²) in [5.74, 6) is 1.16. The number of fused-ring (bicyclic) bond motifs is 1. The molecule has 1 heterocycles. The molecule has 0 spiro atoms. The second kappa shape index (κ2) is 11.6. The largest absolute Gasteiger partial charge is 0.490 e. The van der Waals surface area contributed by atoms with Crippen LogP contribution < -0.4 is 29.1 Å². The second-order valence-corrected chi connectivity index (χ2v) is 8.64. The average Bonchev–Trinajstić information content (AvgIpc) is 2.99. The number of rotatable bonds is 10. The topological polar surface area (TPSA) is 76.4 Å². The lowest BCUT2D eigenvalue weighted by molar-refractivity contribution is 0.258. The Morgan fingerprint density at radius 1 is 0.564 bits per heavy atom. The van der Waals surface area contributed by atoms with Gasteiger partial charge >= 0.3 is 0 Å². The summed E-state index contributed by atoms with van der Waals surface area (Å²) in [5, 5.41) is 0.128. The fourth-order valence-corrected chi connectivity index (χ4v) is 4.37. The van der Waals surface area contributed by atoms with Crippen LogP contribution in [0.4, 0.5) is 0 Å². The Balaban J connectivity index is 1.78. The van der Waals surface area contributed by atoms with Crippen LogP contribution in [0.15, 0.2) is 100 Å². The molecule has 0 aliphatic rings. The summed E-state index contributed by atoms with van der Waals surface area (Å²) in [6.45, 7) is 0.387. The summed E-state index contributed by atoms with van der Waals surface area (Å²) < 4.78 is 36.1. The highest BCUT2D eigenvalue weighted by Crippen LogP contribution is 2.52. The highest BCUT2D eigenvalue weighted by molar-refractivity contribution is 5.97. The van der Waals surface area contributed by atoms with Crippen LogP contribution in [0.25, 0.3) is 22.3 Å². The van der Waals surface area contributed by atoms with Crippen molar-refractivity contribution in [1.29, 1.82) is 0 Å². The maximum atomic E-state index is 14.1. The standard InChI is InChI=1S/C32H28O7/c1-34-29-25(33)24-27(37-19-21-13-7-4-8-14-21)30(35-2)31(36-3)32(38-20-22-15-9-5-10-16-22)28(24)39-26(29)23-17-11-6-12-18-23/h4-18H,19-20H2,1-3H3. The van der Waals surface area contributed by atoms with E-state index in [9.17, 15) is 4.79 Å². The molecule has 198 valence electrons. The Morgan fingerprint density at radius 3 is 1.54 bits per heavy atom. The molecule has 0 radical (unpaired) electrons. The fourth-order valence-electron chi connectivity index (χ4n) is 4.37. The van der Waals surface area contributed by atoms with Gasteiger partial charge in [0.2, 0.25) is 28.4 Å². The van der Waals surface area contributed by atoms with Crippen molar-refractivity contribution >= 4 is 11.0 Å². The van der Waals surface area contributed by atoms with Gasteiger partial charge in [-0.15, -0.1) is 0 Å². The summed E-state index contributed by atoms with van der Waals surface area (Å²) in [7, 11) is 4.42. The Kier molecular flexibility index (Phi) is 7.68. The minimum atomic E-state index is -0.425. The van der Waals surface area contributed by atoms with Crippen molar-refractivity contribution in [3.05, 3.63) is 112 Å². The molecule has 0 saturated heterocycles. The zero-order chi connectivity index (χ0) is 27.2. The van der Waals surface area contributed by atoms with Gasteiger partial charge in [0.1, 0.15) is 18.6 Å². The van der Waals surface area contributed by atoms with Gasteiger partial charge in [-0.2, -0.15) is 0 Å². The maximum absolute atomic E-state index is 14.1. The predicted octanol–water partition coefficient (Wildman–Crippen LogP) is 6.64. The van der Waals surface area contributed by atoms with Crippen LogP contribution in [0, 0.1) is 0 Å². The van der Waals surface area contributed by atoms with Gasteiger partial charge in [0.05, 0.1) is 21.3 Å². The molecule has 0 bridgehead atoms. The smallest absolute Gasteiger partial charge is 0.239 e. The van der Waals surface area contributed by atoms with Crippen molar-refractivity contribution in [2.24, 2.45) is 0 Å². The lowest BCUT2D eigenvalue weighted by atomic mass is 10.1. The van der Waals surface area contributed by atoms with Crippen LogP contribution in [0.3, 0.4) is 0 Å². The molecule has 0 saturated carbocycles. The lowest BCUT2D eigenvalue weighted by Crippen LogP contribution is -2.12. The van der Waals surface area contributed by atoms with Crippen molar-refractivity contribution in [3.8, 4) is 40.1 Å². The highest BCUT2D eigenvalue weighted by atomic mass is 16.6. The van der Waals surface area contributed by atoms with E-state index in [0.717, 1.165) is 11.1 Å². The summed E-state index contributed by atoms with van der Waals surface area (Å²) >= 11 is 0. The molecular weight excluding hydrogens is 496 g/mol. The quantitative estimate of drug-likeness (QED) is 0.203. The molecule has 0 aliphatic carbocycles. The van der Waals surface area contributed by atoms with Crippen LogP contribution in [0.1, 0.15) is 11.1 Å². The van der Waals surface area contributed by atoms with Gasteiger partial charge < -0.3 is 28.1 Å². The van der Waals surface area contributed by atoms with Crippen LogP contribution in [0.5, 0.6) is 28.7 Å². The Bertz CT molecular complexity index is 1610. The Hall–Kier alpha value is -4.91. The van der Waals surface area contributed by atoms with E-state index in [0.29, 0.717) is 5.56 Å². The zero-order valence-electron chi connectivity index (χ0n) is 21.9. The van der Waals surface area contributed by atoms with Crippen molar-refractivity contribution in [2.45, 2.75) is 13.2 Å². The van der Waals surface area contributed by atoms with E-state index in [1.165, 1.54) is 21.3 Å². The first kappa shape index (κ1) is 25.7. The van der Waals surface area contributed by atoms with E-state index < -0.39 is 5.43 Å². The number of methoxy groups -OCH3 is 3. The normalized spacial score (nSPS) is 10.7. The zero-order valence-corrected chi connectivity index (χ0v) is 21.9. The molecular formula is C32H28O7. The van der Waals surface area contributed by atoms with Crippen LogP contribution in [-0.2, 0) is 13.2 Å². The van der Waals surface area contributed by atoms with Crippen molar-refractivity contribution in [1.82, 2.24) is 0 Å². The summed E-state index contributed by atoms with van der Waals surface area (Å²) in [6, 6.07) is 28.5. The highest BCUT2D eigenvalue weighted by Gasteiger charge is 2.31. The van der Waals surface area contributed by atoms with Crippen LogP contribution in [-0.4, -0.2) is 21.3 Å². The number of hydrogen-bond donors (Lipinski definition) is 0. The number of benzene rings is 4. The van der Waals surface area contributed by atoms with E-state index in [1.54, 1.807) is 0 Å². The third-order valence-corrected chi connectivity index (χ3v) is 6.22. The Morgan fingerprint density at radius 2 is 1.03 bits per heavy atom. The molecule has 0 N–H and O–H groups in total. The predicted molar refractivity (Wildman–Crippen MR) is 149 cm³/mol. The van der Waals surface area contributed by atoms with Gasteiger partial charge in [-0.05, 0) is 11.1 Å². The van der Waals surface area contributed by atoms with E-state index in [4.69, 9.17) is 28.1 Å². The van der Waals surface area contributed by atoms with Gasteiger partial charge in [-0.3, -0.25) is 4.79 Å². The van der Waals surface area contributed by atoms with Crippen LogP contribution in [0.2, 0.25) is 0 Å². The monoisotopic (exact) mass is 524 g/mol. The molecule has 0 fully saturated rings. The average molecular weight is 525 g/mol. The van der Waals surface area contributed by atoms with Gasteiger partial charge in [-0.25, -0.2) is 0 Å². The molecule has 7 nitrogen and oxygen atoms in total. The minimum Gasteiger partial charge on any atom is -0.490 e. The molecule has 5 rings (SSSR count). The van der Waals surface area contributed by atoms with Gasteiger partial charge in [0.15, 0.2) is 17.1 Å². The fraction of sp³-hybridized carbons (Fsp3) is 0.156. The first-order valence-corrected chi connectivity index (χ1v) is 12.4. The third kappa shape index (κ3) is 5.11. The molecule has 7 heteroatoms. The summed E-state index contributed by atoms with van der Waals surface area (Å²) in [5.41, 5.74) is 2.25. The van der Waals surface area contributed by atoms with Gasteiger partial charge in [0, 0.05) is 5.56 Å². The molecule has 0 aliphatic heterocycles. The maximum Gasteiger partial charge on any atom is 0.239 e. The third-order valence-electron chi connectivity index (χ3n) is 6.22. The molecule has 5 aromatic rings. The second-order valence-electron chi connectivity index (χ2n) is 8.64. The number of hydrogen-bond acceptors (Lipinski definition) is 7. The molecule has 0 atom stereocenters. The van der Waals surface area contributed by atoms with Crippen molar-refractivity contribution in [2.75, 3.05) is 21.3 Å². The van der Waals surface area contributed by atoms with E-state index in [-0.39, 0.29) is 58.7 Å². The first-order chi connectivity index (χ1) is 19.2. The molecule has 1 aromatic heterocycles. The van der Waals surface area contributed by atoms with Crippen molar-refractivity contribution < 1.29 is 28.1 Å².